The van der Waals surface area contributed by atoms with Crippen LogP contribution >= 0.6 is 0 Å². The molecule has 0 spiro atoms. The molecule has 4 N–H and O–H groups in total. The second kappa shape index (κ2) is 10.8. The third-order valence-electron chi connectivity index (χ3n) is 5.09. The summed E-state index contributed by atoms with van der Waals surface area (Å²) < 4.78 is 19.8. The number of fused-ring (bicyclic) bond motifs is 1. The number of carbonyl (C=O) groups excluding carboxylic acids is 2. The van der Waals surface area contributed by atoms with Gasteiger partial charge in [0.2, 0.25) is 5.95 Å². The number of nitrogens with one attached hydrogen (secondary N) is 4. The van der Waals surface area contributed by atoms with Gasteiger partial charge in [-0.2, -0.15) is 0 Å². The molecule has 3 heterocycles. The van der Waals surface area contributed by atoms with E-state index < -0.39 is 17.9 Å². The summed E-state index contributed by atoms with van der Waals surface area (Å²) in [4.78, 5) is 39.8. The zero-order chi connectivity index (χ0) is 25.7. The molecule has 11 heteroatoms. The highest BCUT2D eigenvalue weighted by Gasteiger charge is 2.17. The maximum absolute atomic E-state index is 14.7. The Bertz CT molecular complexity index is 1390. The average molecular weight is 492 g/mol. The summed E-state index contributed by atoms with van der Waals surface area (Å²) in [6.45, 7) is 6.01. The number of imidazole rings is 1. The first-order chi connectivity index (χ1) is 17.3. The number of alkyl carbamates (subject to hydrolysis) is 1. The van der Waals surface area contributed by atoms with Crippen LogP contribution in [0.4, 0.5) is 19.9 Å². The monoisotopic (exact) mass is 491 g/mol. The summed E-state index contributed by atoms with van der Waals surface area (Å²) in [6, 6.07) is 9.67. The third-order valence-corrected chi connectivity index (χ3v) is 5.09. The van der Waals surface area contributed by atoms with E-state index in [1.54, 1.807) is 39.1 Å². The number of aromatic nitrogens is 4. The van der Waals surface area contributed by atoms with Crippen molar-refractivity contribution in [1.82, 2.24) is 30.6 Å². The molecule has 4 aromatic rings. The highest BCUT2D eigenvalue weighted by molar-refractivity contribution is 5.98. The van der Waals surface area contributed by atoms with Crippen LogP contribution in [-0.2, 0) is 11.3 Å². The lowest BCUT2D eigenvalue weighted by Crippen LogP contribution is -2.28. The predicted molar refractivity (Wildman–Crippen MR) is 134 cm³/mol. The largest absolute Gasteiger partial charge is 0.447 e. The van der Waals surface area contributed by atoms with E-state index in [1.807, 2.05) is 12.1 Å². The van der Waals surface area contributed by atoms with Crippen LogP contribution in [0.3, 0.4) is 0 Å². The van der Waals surface area contributed by atoms with Crippen LogP contribution in [0.15, 0.2) is 48.8 Å². The molecular formula is C25H26FN7O3. The number of aromatic amines is 1. The lowest BCUT2D eigenvalue weighted by Gasteiger charge is -2.10. The zero-order valence-corrected chi connectivity index (χ0v) is 20.1. The van der Waals surface area contributed by atoms with Gasteiger partial charge in [0.25, 0.3) is 0 Å². The summed E-state index contributed by atoms with van der Waals surface area (Å²) in [5.41, 5.74) is 3.80. The molecule has 10 nitrogen and oxygen atoms in total. The summed E-state index contributed by atoms with van der Waals surface area (Å²) in [5, 5.41) is 7.93. The number of carbonyl (C=O) groups is 2. The van der Waals surface area contributed by atoms with Crippen molar-refractivity contribution in [2.75, 3.05) is 11.9 Å². The molecule has 0 radical (unpaired) electrons. The Hall–Kier alpha value is -4.54. The number of nitrogens with zero attached hydrogens (tertiary/aromatic N) is 3. The zero-order valence-electron chi connectivity index (χ0n) is 20.1. The lowest BCUT2D eigenvalue weighted by molar-refractivity contribution is 0.115. The standard InChI is InChI=1S/C25H26FN7O3/c1-4-27-24(34)33-23-31-20-11-16(10-18(22(20)32-23)21-19(26)6-5-9-28-21)15-7-8-17(29-12-15)13-30-25(35)36-14(2)3/h5-12,14H,4,13H2,1-3H3,(H,30,35)(H3,27,31,32,33,34). The van der Waals surface area contributed by atoms with Gasteiger partial charge in [0.15, 0.2) is 0 Å². The topological polar surface area (TPSA) is 134 Å². The maximum atomic E-state index is 14.7. The van der Waals surface area contributed by atoms with Crippen LogP contribution in [-0.4, -0.2) is 44.7 Å². The van der Waals surface area contributed by atoms with Crippen LogP contribution in [0.25, 0.3) is 33.4 Å². The minimum Gasteiger partial charge on any atom is -0.447 e. The van der Waals surface area contributed by atoms with E-state index in [0.717, 1.165) is 11.1 Å². The number of anilines is 1. The number of hydrogen-bond donors (Lipinski definition) is 4. The molecule has 3 aromatic heterocycles. The molecule has 0 aliphatic heterocycles. The molecule has 0 unspecified atom stereocenters. The highest BCUT2D eigenvalue weighted by Crippen LogP contribution is 2.34. The van der Waals surface area contributed by atoms with Crippen molar-refractivity contribution in [3.8, 4) is 22.4 Å². The Morgan fingerprint density at radius 2 is 1.94 bits per heavy atom. The van der Waals surface area contributed by atoms with Crippen molar-refractivity contribution < 1.29 is 18.7 Å². The average Bonchev–Trinajstić information content (AvgIpc) is 3.25. The van der Waals surface area contributed by atoms with Crippen LogP contribution < -0.4 is 16.0 Å². The number of benzene rings is 1. The van der Waals surface area contributed by atoms with Crippen molar-refractivity contribution in [2.45, 2.75) is 33.4 Å². The highest BCUT2D eigenvalue weighted by atomic mass is 19.1. The minimum atomic E-state index is -0.515. The first-order valence-corrected chi connectivity index (χ1v) is 11.4. The first kappa shape index (κ1) is 24.6. The van der Waals surface area contributed by atoms with Gasteiger partial charge in [-0.3, -0.25) is 15.3 Å². The Balaban J connectivity index is 1.68. The quantitative estimate of drug-likeness (QED) is 0.298. The van der Waals surface area contributed by atoms with Crippen molar-refractivity contribution in [3.63, 3.8) is 0 Å². The second-order valence-corrected chi connectivity index (χ2v) is 8.17. The fourth-order valence-electron chi connectivity index (χ4n) is 3.54. The van der Waals surface area contributed by atoms with Gasteiger partial charge in [-0.15, -0.1) is 0 Å². The van der Waals surface area contributed by atoms with E-state index in [0.29, 0.717) is 28.8 Å². The third kappa shape index (κ3) is 5.74. The Morgan fingerprint density at radius 1 is 1.11 bits per heavy atom. The van der Waals surface area contributed by atoms with E-state index in [-0.39, 0.29) is 24.3 Å². The van der Waals surface area contributed by atoms with Gasteiger partial charge in [-0.25, -0.2) is 19.0 Å². The molecule has 3 amide bonds. The van der Waals surface area contributed by atoms with Crippen molar-refractivity contribution in [2.24, 2.45) is 0 Å². The molecule has 186 valence electrons. The number of halogens is 1. The van der Waals surface area contributed by atoms with Crippen molar-refractivity contribution >= 4 is 29.1 Å². The van der Waals surface area contributed by atoms with E-state index in [4.69, 9.17) is 4.74 Å². The van der Waals surface area contributed by atoms with Gasteiger partial charge in [-0.05, 0) is 56.7 Å². The summed E-state index contributed by atoms with van der Waals surface area (Å²) in [5.74, 6) is -0.268. The van der Waals surface area contributed by atoms with Crippen LogP contribution in [0.5, 0.6) is 0 Å². The maximum Gasteiger partial charge on any atom is 0.407 e. The molecule has 0 aliphatic carbocycles. The molecule has 0 saturated carbocycles. The molecule has 0 saturated heterocycles. The van der Waals surface area contributed by atoms with Crippen LogP contribution in [0.1, 0.15) is 26.5 Å². The van der Waals surface area contributed by atoms with Gasteiger partial charge >= 0.3 is 12.1 Å². The smallest absolute Gasteiger partial charge is 0.407 e. The molecule has 36 heavy (non-hydrogen) atoms. The Morgan fingerprint density at radius 3 is 2.64 bits per heavy atom. The van der Waals surface area contributed by atoms with Gasteiger partial charge in [-0.1, -0.05) is 6.07 Å². The molecule has 0 aliphatic rings. The summed E-state index contributed by atoms with van der Waals surface area (Å²) >= 11 is 0. The fraction of sp³-hybridized carbons (Fsp3) is 0.240. The number of ether oxygens (including phenoxy) is 1. The van der Waals surface area contributed by atoms with E-state index in [1.165, 1.54) is 18.3 Å². The number of pyridine rings is 2. The molecule has 1 aromatic carbocycles. The number of rotatable bonds is 7. The number of urea groups is 1. The number of hydrogen-bond acceptors (Lipinski definition) is 6. The Kier molecular flexibility index (Phi) is 7.38. The second-order valence-electron chi connectivity index (χ2n) is 8.17. The normalized spacial score (nSPS) is 10.9. The SMILES string of the molecule is CCNC(=O)Nc1nc2cc(-c3ccc(CNC(=O)OC(C)C)nc3)cc(-c3ncccc3F)c2[nH]1. The van der Waals surface area contributed by atoms with E-state index in [9.17, 15) is 14.0 Å². The van der Waals surface area contributed by atoms with Crippen LogP contribution in [0, 0.1) is 5.82 Å². The predicted octanol–water partition coefficient (Wildman–Crippen LogP) is 4.60. The van der Waals surface area contributed by atoms with Gasteiger partial charge < -0.3 is 20.4 Å². The molecule has 0 bridgehead atoms. The first-order valence-electron chi connectivity index (χ1n) is 11.4. The minimum absolute atomic E-state index is 0.148. The van der Waals surface area contributed by atoms with Gasteiger partial charge in [0.1, 0.15) is 11.5 Å². The lowest BCUT2D eigenvalue weighted by atomic mass is 10.0. The van der Waals surface area contributed by atoms with Gasteiger partial charge in [0, 0.05) is 30.1 Å². The molecule has 4 rings (SSSR count). The van der Waals surface area contributed by atoms with E-state index >= 15 is 0 Å². The number of H-pyrrole nitrogens is 1. The molecule has 0 atom stereocenters. The van der Waals surface area contributed by atoms with Crippen LogP contribution in [0.2, 0.25) is 0 Å². The molecular weight excluding hydrogens is 465 g/mol. The summed E-state index contributed by atoms with van der Waals surface area (Å²) in [6.07, 6.45) is 2.44. The Labute approximate surface area is 206 Å². The number of amides is 3. The van der Waals surface area contributed by atoms with E-state index in [2.05, 4.69) is 35.9 Å². The van der Waals surface area contributed by atoms with Crippen molar-refractivity contribution in [3.05, 3.63) is 60.3 Å². The van der Waals surface area contributed by atoms with Gasteiger partial charge in [0.05, 0.1) is 29.4 Å². The fourth-order valence-corrected chi connectivity index (χ4v) is 3.54. The molecule has 0 fully saturated rings. The summed E-state index contributed by atoms with van der Waals surface area (Å²) in [7, 11) is 0. The van der Waals surface area contributed by atoms with Crippen molar-refractivity contribution in [1.29, 1.82) is 0 Å².